The number of likely N-dealkylation sites (tertiary alicyclic amines) is 1. The lowest BCUT2D eigenvalue weighted by atomic mass is 10.1. The number of hydrogen-bond acceptors (Lipinski definition) is 10. The highest BCUT2D eigenvalue weighted by atomic mass is 19.4. The van der Waals surface area contributed by atoms with E-state index in [9.17, 15) is 18.0 Å². The van der Waals surface area contributed by atoms with Crippen LogP contribution < -0.4 is 20.7 Å². The van der Waals surface area contributed by atoms with Crippen LogP contribution >= 0.6 is 0 Å². The number of aryl methyl sites for hydroxylation is 1. The molecule has 2 aliphatic heterocycles. The van der Waals surface area contributed by atoms with E-state index in [4.69, 9.17) is 9.47 Å². The summed E-state index contributed by atoms with van der Waals surface area (Å²) in [4.78, 5) is 31.3. The van der Waals surface area contributed by atoms with Gasteiger partial charge in [-0.2, -0.15) is 13.2 Å². The lowest BCUT2D eigenvalue weighted by Gasteiger charge is -2.29. The van der Waals surface area contributed by atoms with Crippen molar-refractivity contribution >= 4 is 28.9 Å². The average Bonchev–Trinajstić information content (AvgIpc) is 3.11. The molecule has 2 saturated heterocycles. The highest BCUT2D eigenvalue weighted by molar-refractivity contribution is 6.05. The van der Waals surface area contributed by atoms with Gasteiger partial charge in [0.15, 0.2) is 0 Å². The zero-order valence-electron chi connectivity index (χ0n) is 28.1. The number of halogens is 3. The van der Waals surface area contributed by atoms with Crippen LogP contribution in [0.3, 0.4) is 0 Å². The zero-order chi connectivity index (χ0) is 35.1. The Bertz CT molecular complexity index is 1780. The van der Waals surface area contributed by atoms with Crippen molar-refractivity contribution in [3.63, 3.8) is 0 Å². The maximum atomic E-state index is 13.8. The number of nitrogens with zero attached hydrogens (tertiary/aromatic N) is 5. The van der Waals surface area contributed by atoms with E-state index in [2.05, 4.69) is 40.7 Å². The minimum Gasteiger partial charge on any atom is -0.490 e. The number of piperidine rings is 1. The molecule has 0 aliphatic carbocycles. The number of pyridine rings is 1. The van der Waals surface area contributed by atoms with Crippen LogP contribution in [-0.2, 0) is 10.9 Å². The van der Waals surface area contributed by atoms with Gasteiger partial charge in [-0.15, -0.1) is 0 Å². The molecule has 0 radical (unpaired) electrons. The number of amides is 1. The molecular formula is C36H41F3N8O3. The summed E-state index contributed by atoms with van der Waals surface area (Å²) in [6, 6.07) is 14.0. The fourth-order valence-corrected chi connectivity index (χ4v) is 5.90. The summed E-state index contributed by atoms with van der Waals surface area (Å²) >= 11 is 0. The second-order valence-corrected chi connectivity index (χ2v) is 12.5. The minimum absolute atomic E-state index is 0.0219. The molecule has 0 atom stereocenters. The minimum atomic E-state index is -4.65. The van der Waals surface area contributed by atoms with Crippen molar-refractivity contribution < 1.29 is 27.4 Å². The molecule has 50 heavy (non-hydrogen) atoms. The summed E-state index contributed by atoms with van der Waals surface area (Å²) in [5.74, 6) is 0.556. The third-order valence-electron chi connectivity index (χ3n) is 8.80. The smallest absolute Gasteiger partial charge is 0.416 e. The highest BCUT2D eigenvalue weighted by Crippen LogP contribution is 2.35. The van der Waals surface area contributed by atoms with Crippen molar-refractivity contribution in [2.24, 2.45) is 0 Å². The van der Waals surface area contributed by atoms with Crippen LogP contribution in [-0.4, -0.2) is 96.3 Å². The molecule has 0 spiro atoms. The van der Waals surface area contributed by atoms with E-state index in [1.54, 1.807) is 18.3 Å². The van der Waals surface area contributed by atoms with Gasteiger partial charge in [0, 0.05) is 74.0 Å². The molecule has 2 aliphatic rings. The summed E-state index contributed by atoms with van der Waals surface area (Å²) in [5.41, 5.74) is 2.21. The average molecular weight is 691 g/mol. The highest BCUT2D eigenvalue weighted by Gasteiger charge is 2.32. The molecule has 4 heterocycles. The van der Waals surface area contributed by atoms with Crippen LogP contribution in [0, 0.1) is 6.92 Å². The number of benzene rings is 2. The van der Waals surface area contributed by atoms with Crippen molar-refractivity contribution in [2.75, 3.05) is 75.5 Å². The Hall–Kier alpha value is -4.79. The van der Waals surface area contributed by atoms with E-state index in [1.807, 2.05) is 38.2 Å². The van der Waals surface area contributed by atoms with Crippen molar-refractivity contribution in [1.82, 2.24) is 24.8 Å². The predicted molar refractivity (Wildman–Crippen MR) is 186 cm³/mol. The molecule has 14 heteroatoms. The number of hydrogen-bond donors (Lipinski definition) is 3. The monoisotopic (exact) mass is 690 g/mol. The fraction of sp³-hybridized carbons (Fsp3) is 0.389. The van der Waals surface area contributed by atoms with E-state index in [1.165, 1.54) is 12.4 Å². The number of aromatic nitrogens is 3. The van der Waals surface area contributed by atoms with Crippen molar-refractivity contribution in [3.8, 4) is 17.0 Å². The molecule has 11 nitrogen and oxygen atoms in total. The van der Waals surface area contributed by atoms with E-state index < -0.39 is 17.6 Å². The SMILES string of the molecule is Cc1ccc(NC(=O)c2cc(OC3CCN(C)CC3)cc(C(F)(F)F)c2)cc1Nc1ncccc1-c1cc(NCCN2CCOCC2)ncn1. The second kappa shape index (κ2) is 15.8. The lowest BCUT2D eigenvalue weighted by Crippen LogP contribution is -2.39. The predicted octanol–water partition coefficient (Wildman–Crippen LogP) is 6.08. The Morgan fingerprint density at radius 1 is 1.00 bits per heavy atom. The number of ether oxygens (including phenoxy) is 2. The molecule has 1 amide bonds. The van der Waals surface area contributed by atoms with E-state index in [0.29, 0.717) is 41.5 Å². The Morgan fingerprint density at radius 2 is 1.80 bits per heavy atom. The normalized spacial score (nSPS) is 16.2. The molecule has 4 aromatic rings. The number of anilines is 4. The molecule has 0 bridgehead atoms. The topological polar surface area (TPSA) is 117 Å². The van der Waals surface area contributed by atoms with Crippen LogP contribution in [0.5, 0.6) is 5.75 Å². The Kier molecular flexibility index (Phi) is 11.1. The van der Waals surface area contributed by atoms with E-state index in [-0.39, 0.29) is 17.4 Å². The second-order valence-electron chi connectivity index (χ2n) is 12.5. The Labute approximate surface area is 289 Å². The number of rotatable bonds is 11. The first-order chi connectivity index (χ1) is 24.1. The number of alkyl halides is 3. The molecule has 0 unspecified atom stereocenters. The van der Waals surface area contributed by atoms with Gasteiger partial charge in [-0.1, -0.05) is 6.07 Å². The van der Waals surface area contributed by atoms with Gasteiger partial charge in [0.2, 0.25) is 0 Å². The lowest BCUT2D eigenvalue weighted by molar-refractivity contribution is -0.137. The fourth-order valence-electron chi connectivity index (χ4n) is 5.90. The maximum absolute atomic E-state index is 13.8. The molecule has 6 rings (SSSR count). The number of carbonyl (C=O) groups is 1. The van der Waals surface area contributed by atoms with Gasteiger partial charge >= 0.3 is 6.18 Å². The number of nitrogens with one attached hydrogen (secondary N) is 3. The molecule has 264 valence electrons. The third-order valence-corrected chi connectivity index (χ3v) is 8.80. The van der Waals surface area contributed by atoms with Gasteiger partial charge in [-0.05, 0) is 74.8 Å². The molecule has 2 aromatic heterocycles. The maximum Gasteiger partial charge on any atom is 0.416 e. The van der Waals surface area contributed by atoms with Crippen LogP contribution in [0.2, 0.25) is 0 Å². The van der Waals surface area contributed by atoms with Gasteiger partial charge in [-0.3, -0.25) is 9.69 Å². The van der Waals surface area contributed by atoms with Crippen LogP contribution in [0.1, 0.15) is 34.3 Å². The summed E-state index contributed by atoms with van der Waals surface area (Å²) in [6.07, 6.45) is -0.326. The van der Waals surface area contributed by atoms with Gasteiger partial charge in [0.05, 0.1) is 24.5 Å². The van der Waals surface area contributed by atoms with Gasteiger partial charge in [-0.25, -0.2) is 15.0 Å². The third kappa shape index (κ3) is 9.25. The number of morpholine rings is 1. The first-order valence-corrected chi connectivity index (χ1v) is 16.7. The molecule has 3 N–H and O–H groups in total. The molecule has 2 aromatic carbocycles. The van der Waals surface area contributed by atoms with Crippen LogP contribution in [0.15, 0.2) is 67.1 Å². The number of carbonyl (C=O) groups excluding carboxylic acids is 1. The summed E-state index contributed by atoms with van der Waals surface area (Å²) in [7, 11) is 1.99. The van der Waals surface area contributed by atoms with Crippen molar-refractivity contribution in [3.05, 3.63) is 83.8 Å². The molecule has 2 fully saturated rings. The van der Waals surface area contributed by atoms with E-state index in [0.717, 1.165) is 75.7 Å². The standard InChI is InChI=1S/C36H41F3N8O3/c1-24-5-6-27(44-35(48)25-18-26(36(37,38)39)20-29(19-25)50-28-7-11-46(2)12-8-28)21-31(24)45-34-30(4-3-9-41-34)32-22-33(43-23-42-32)40-10-13-47-14-16-49-17-15-47/h3-6,9,18-23,28H,7-8,10-17H2,1-2H3,(H,41,45)(H,44,48)(H,40,42,43). The summed E-state index contributed by atoms with van der Waals surface area (Å²) in [5, 5.41) is 9.48. The van der Waals surface area contributed by atoms with Crippen LogP contribution in [0.25, 0.3) is 11.3 Å². The van der Waals surface area contributed by atoms with Gasteiger partial charge in [0.1, 0.15) is 29.8 Å². The largest absolute Gasteiger partial charge is 0.490 e. The van der Waals surface area contributed by atoms with Gasteiger partial charge in [0.25, 0.3) is 5.91 Å². The van der Waals surface area contributed by atoms with Crippen molar-refractivity contribution in [2.45, 2.75) is 32.0 Å². The Morgan fingerprint density at radius 3 is 2.58 bits per heavy atom. The first kappa shape index (κ1) is 35.1. The molecular weight excluding hydrogens is 649 g/mol. The van der Waals surface area contributed by atoms with Crippen molar-refractivity contribution in [1.29, 1.82) is 0 Å². The Balaban J connectivity index is 1.16. The quantitative estimate of drug-likeness (QED) is 0.171. The zero-order valence-corrected chi connectivity index (χ0v) is 28.1. The van der Waals surface area contributed by atoms with E-state index >= 15 is 0 Å². The van der Waals surface area contributed by atoms with Gasteiger partial charge < -0.3 is 30.3 Å². The molecule has 0 saturated carbocycles. The summed E-state index contributed by atoms with van der Waals surface area (Å²) < 4.78 is 52.9. The summed E-state index contributed by atoms with van der Waals surface area (Å²) in [6.45, 7) is 8.37. The first-order valence-electron chi connectivity index (χ1n) is 16.7. The van der Waals surface area contributed by atoms with Crippen LogP contribution in [0.4, 0.5) is 36.2 Å².